The smallest absolute Gasteiger partial charge is 0.222 e. The maximum absolute atomic E-state index is 6.00. The SMILES string of the molecule is COc1ccc(Oc2c(CNC(C)C)c(C)nn2C)cc1. The molecule has 0 aliphatic carbocycles. The van der Waals surface area contributed by atoms with E-state index in [0.29, 0.717) is 6.04 Å². The van der Waals surface area contributed by atoms with Gasteiger partial charge in [0, 0.05) is 19.6 Å². The molecule has 0 amide bonds. The Hall–Kier alpha value is -2.01. The van der Waals surface area contributed by atoms with Gasteiger partial charge in [-0.05, 0) is 31.2 Å². The number of rotatable bonds is 6. The molecule has 1 aromatic carbocycles. The van der Waals surface area contributed by atoms with Crippen molar-refractivity contribution >= 4 is 0 Å². The van der Waals surface area contributed by atoms with Gasteiger partial charge in [-0.1, -0.05) is 13.8 Å². The van der Waals surface area contributed by atoms with Crippen LogP contribution in [0.25, 0.3) is 0 Å². The van der Waals surface area contributed by atoms with Crippen LogP contribution in [0.2, 0.25) is 0 Å². The molecule has 0 saturated carbocycles. The highest BCUT2D eigenvalue weighted by atomic mass is 16.5. The average molecular weight is 289 g/mol. The summed E-state index contributed by atoms with van der Waals surface area (Å²) in [4.78, 5) is 0. The summed E-state index contributed by atoms with van der Waals surface area (Å²) >= 11 is 0. The lowest BCUT2D eigenvalue weighted by atomic mass is 10.2. The molecule has 1 heterocycles. The molecule has 0 aliphatic heterocycles. The van der Waals surface area contributed by atoms with Gasteiger partial charge in [-0.3, -0.25) is 0 Å². The zero-order valence-corrected chi connectivity index (χ0v) is 13.3. The summed E-state index contributed by atoms with van der Waals surface area (Å²) in [6.07, 6.45) is 0. The van der Waals surface area contributed by atoms with Gasteiger partial charge in [-0.15, -0.1) is 0 Å². The van der Waals surface area contributed by atoms with E-state index in [1.165, 1.54) is 0 Å². The van der Waals surface area contributed by atoms with Crippen LogP contribution in [0, 0.1) is 6.92 Å². The fourth-order valence-corrected chi connectivity index (χ4v) is 2.07. The van der Waals surface area contributed by atoms with Crippen LogP contribution in [0.4, 0.5) is 0 Å². The molecule has 114 valence electrons. The average Bonchev–Trinajstić information content (AvgIpc) is 2.72. The number of hydrogen-bond donors (Lipinski definition) is 1. The fraction of sp³-hybridized carbons (Fsp3) is 0.438. The van der Waals surface area contributed by atoms with E-state index >= 15 is 0 Å². The molecule has 1 N–H and O–H groups in total. The van der Waals surface area contributed by atoms with Gasteiger partial charge in [0.15, 0.2) is 0 Å². The Labute approximate surface area is 125 Å². The highest BCUT2D eigenvalue weighted by molar-refractivity contribution is 5.37. The monoisotopic (exact) mass is 289 g/mol. The molecular weight excluding hydrogens is 266 g/mol. The van der Waals surface area contributed by atoms with Gasteiger partial charge in [0.05, 0.1) is 18.4 Å². The number of ether oxygens (including phenoxy) is 2. The minimum absolute atomic E-state index is 0.415. The Kier molecular flexibility index (Phi) is 4.85. The maximum atomic E-state index is 6.00. The highest BCUT2D eigenvalue weighted by Crippen LogP contribution is 2.28. The van der Waals surface area contributed by atoms with Crippen LogP contribution in [-0.4, -0.2) is 22.9 Å². The van der Waals surface area contributed by atoms with Crippen molar-refractivity contribution in [2.45, 2.75) is 33.4 Å². The molecule has 0 aliphatic rings. The third kappa shape index (κ3) is 3.76. The minimum Gasteiger partial charge on any atom is -0.497 e. The minimum atomic E-state index is 0.415. The molecule has 0 fully saturated rings. The lowest BCUT2D eigenvalue weighted by Gasteiger charge is -2.11. The number of aryl methyl sites for hydroxylation is 2. The van der Waals surface area contributed by atoms with Crippen LogP contribution in [-0.2, 0) is 13.6 Å². The Bertz CT molecular complexity index is 588. The predicted octanol–water partition coefficient (Wildman–Crippen LogP) is 3.03. The van der Waals surface area contributed by atoms with Gasteiger partial charge in [-0.2, -0.15) is 5.10 Å². The van der Waals surface area contributed by atoms with Crippen molar-refractivity contribution in [2.75, 3.05) is 7.11 Å². The Balaban J connectivity index is 2.21. The summed E-state index contributed by atoms with van der Waals surface area (Å²) in [6, 6.07) is 7.95. The molecule has 5 nitrogen and oxygen atoms in total. The van der Waals surface area contributed by atoms with E-state index in [4.69, 9.17) is 9.47 Å². The molecular formula is C16H23N3O2. The number of nitrogens with zero attached hydrogens (tertiary/aromatic N) is 2. The summed E-state index contributed by atoms with van der Waals surface area (Å²) < 4.78 is 12.9. The molecule has 0 atom stereocenters. The zero-order chi connectivity index (χ0) is 15.4. The van der Waals surface area contributed by atoms with Crippen LogP contribution in [0.3, 0.4) is 0 Å². The van der Waals surface area contributed by atoms with Gasteiger partial charge < -0.3 is 14.8 Å². The number of nitrogens with one attached hydrogen (secondary N) is 1. The van der Waals surface area contributed by atoms with Crippen LogP contribution in [0.5, 0.6) is 17.4 Å². The maximum Gasteiger partial charge on any atom is 0.222 e. The first-order valence-electron chi connectivity index (χ1n) is 7.09. The molecule has 1 aromatic heterocycles. The topological polar surface area (TPSA) is 48.3 Å². The summed E-state index contributed by atoms with van der Waals surface area (Å²) in [5.74, 6) is 2.35. The predicted molar refractivity (Wildman–Crippen MR) is 83.0 cm³/mol. The van der Waals surface area contributed by atoms with Gasteiger partial charge >= 0.3 is 0 Å². The molecule has 0 bridgehead atoms. The van der Waals surface area contributed by atoms with Gasteiger partial charge in [0.1, 0.15) is 11.5 Å². The summed E-state index contributed by atoms with van der Waals surface area (Å²) in [5.41, 5.74) is 2.07. The van der Waals surface area contributed by atoms with Crippen molar-refractivity contribution in [1.82, 2.24) is 15.1 Å². The quantitative estimate of drug-likeness (QED) is 0.888. The lowest BCUT2D eigenvalue weighted by molar-refractivity contribution is 0.407. The van der Waals surface area contributed by atoms with E-state index in [1.54, 1.807) is 11.8 Å². The van der Waals surface area contributed by atoms with E-state index in [0.717, 1.165) is 35.2 Å². The summed E-state index contributed by atoms with van der Waals surface area (Å²) in [6.45, 7) is 6.98. The third-order valence-electron chi connectivity index (χ3n) is 3.25. The van der Waals surface area contributed by atoms with Crippen LogP contribution in [0.15, 0.2) is 24.3 Å². The van der Waals surface area contributed by atoms with Crippen molar-refractivity contribution < 1.29 is 9.47 Å². The van der Waals surface area contributed by atoms with Crippen molar-refractivity contribution in [1.29, 1.82) is 0 Å². The van der Waals surface area contributed by atoms with E-state index in [2.05, 4.69) is 24.3 Å². The van der Waals surface area contributed by atoms with Crippen LogP contribution in [0.1, 0.15) is 25.1 Å². The summed E-state index contributed by atoms with van der Waals surface area (Å²) in [7, 11) is 3.54. The molecule has 2 aromatic rings. The van der Waals surface area contributed by atoms with Crippen LogP contribution >= 0.6 is 0 Å². The van der Waals surface area contributed by atoms with Crippen molar-refractivity contribution in [3.63, 3.8) is 0 Å². The second-order valence-electron chi connectivity index (χ2n) is 5.31. The first-order valence-corrected chi connectivity index (χ1v) is 7.09. The largest absolute Gasteiger partial charge is 0.497 e. The Morgan fingerprint density at radius 1 is 1.19 bits per heavy atom. The van der Waals surface area contributed by atoms with Crippen molar-refractivity contribution in [3.05, 3.63) is 35.5 Å². The number of methoxy groups -OCH3 is 1. The molecule has 0 saturated heterocycles. The standard InChI is InChI=1S/C16H23N3O2/c1-11(2)17-10-15-12(3)18-19(4)16(15)21-14-8-6-13(20-5)7-9-14/h6-9,11,17H,10H2,1-5H3. The second kappa shape index (κ2) is 6.63. The van der Waals surface area contributed by atoms with E-state index in [-0.39, 0.29) is 0 Å². The van der Waals surface area contributed by atoms with E-state index < -0.39 is 0 Å². The third-order valence-corrected chi connectivity index (χ3v) is 3.25. The van der Waals surface area contributed by atoms with Crippen molar-refractivity contribution in [3.8, 4) is 17.4 Å². The Morgan fingerprint density at radius 3 is 2.38 bits per heavy atom. The van der Waals surface area contributed by atoms with Gasteiger partial charge in [0.2, 0.25) is 5.88 Å². The van der Waals surface area contributed by atoms with E-state index in [9.17, 15) is 0 Å². The number of hydrogen-bond acceptors (Lipinski definition) is 4. The Morgan fingerprint density at radius 2 is 1.81 bits per heavy atom. The molecule has 0 radical (unpaired) electrons. The molecule has 0 spiro atoms. The lowest BCUT2D eigenvalue weighted by Crippen LogP contribution is -2.22. The van der Waals surface area contributed by atoms with Gasteiger partial charge in [0.25, 0.3) is 0 Å². The second-order valence-corrected chi connectivity index (χ2v) is 5.31. The van der Waals surface area contributed by atoms with Crippen LogP contribution < -0.4 is 14.8 Å². The first-order chi connectivity index (χ1) is 10.0. The zero-order valence-electron chi connectivity index (χ0n) is 13.3. The highest BCUT2D eigenvalue weighted by Gasteiger charge is 2.15. The van der Waals surface area contributed by atoms with E-state index in [1.807, 2.05) is 38.2 Å². The number of benzene rings is 1. The molecule has 2 rings (SSSR count). The van der Waals surface area contributed by atoms with Gasteiger partial charge in [-0.25, -0.2) is 4.68 Å². The molecule has 21 heavy (non-hydrogen) atoms. The molecule has 0 unspecified atom stereocenters. The first kappa shape index (κ1) is 15.4. The number of aromatic nitrogens is 2. The fourth-order valence-electron chi connectivity index (χ4n) is 2.07. The summed E-state index contributed by atoms with van der Waals surface area (Å²) in [5, 5.41) is 7.85. The van der Waals surface area contributed by atoms with Crippen molar-refractivity contribution in [2.24, 2.45) is 7.05 Å². The normalized spacial score (nSPS) is 11.0. The molecule has 5 heteroatoms.